The second kappa shape index (κ2) is 5.20. The Morgan fingerprint density at radius 2 is 2.10 bits per heavy atom. The van der Waals surface area contributed by atoms with Gasteiger partial charge in [-0.3, -0.25) is 9.59 Å². The zero-order chi connectivity index (χ0) is 15.0. The molecule has 0 spiro atoms. The number of fused-ring (bicyclic) bond motifs is 1. The summed E-state index contributed by atoms with van der Waals surface area (Å²) in [4.78, 5) is 36.2. The number of benzene rings is 1. The molecule has 2 amide bonds. The van der Waals surface area contributed by atoms with E-state index in [1.165, 1.54) is 17.0 Å². The van der Waals surface area contributed by atoms with Crippen molar-refractivity contribution in [2.45, 2.75) is 19.3 Å². The van der Waals surface area contributed by atoms with E-state index in [-0.39, 0.29) is 30.3 Å². The van der Waals surface area contributed by atoms with E-state index < -0.39 is 5.97 Å². The maximum Gasteiger partial charge on any atom is 0.335 e. The molecule has 6 nitrogen and oxygen atoms in total. The maximum atomic E-state index is 12.0. The molecule has 1 aliphatic heterocycles. The normalized spacial score (nSPS) is 16.8. The molecule has 1 heterocycles. The first-order valence-electron chi connectivity index (χ1n) is 6.98. The molecule has 0 unspecified atom stereocenters. The topological polar surface area (TPSA) is 86.7 Å². The highest BCUT2D eigenvalue weighted by Gasteiger charge is 2.30. The lowest BCUT2D eigenvalue weighted by Gasteiger charge is -2.17. The Kier molecular flexibility index (Phi) is 3.37. The van der Waals surface area contributed by atoms with Crippen molar-refractivity contribution in [3.8, 4) is 0 Å². The Morgan fingerprint density at radius 1 is 1.33 bits per heavy atom. The number of carboxylic acids is 1. The minimum Gasteiger partial charge on any atom is -0.478 e. The van der Waals surface area contributed by atoms with Crippen LogP contribution in [0.25, 0.3) is 0 Å². The lowest BCUT2D eigenvalue weighted by molar-refractivity contribution is -0.123. The lowest BCUT2D eigenvalue weighted by Crippen LogP contribution is -2.39. The van der Waals surface area contributed by atoms with Crippen LogP contribution >= 0.6 is 0 Å². The van der Waals surface area contributed by atoms with E-state index in [2.05, 4.69) is 5.32 Å². The van der Waals surface area contributed by atoms with Gasteiger partial charge in [-0.1, -0.05) is 0 Å². The van der Waals surface area contributed by atoms with Crippen LogP contribution in [0.2, 0.25) is 0 Å². The molecule has 1 aromatic rings. The standard InChI is InChI=1S/C15H16N2O4/c18-13(16-7-9-1-2-9)8-17-12-4-3-10(15(20)21)5-11(12)6-14(17)19/h3-5,9H,1-2,6-8H2,(H,16,18)(H,20,21). The number of rotatable bonds is 5. The number of nitrogens with one attached hydrogen (secondary N) is 1. The summed E-state index contributed by atoms with van der Waals surface area (Å²) < 4.78 is 0. The third-order valence-corrected chi connectivity index (χ3v) is 3.85. The minimum absolute atomic E-state index is 0.00896. The average Bonchev–Trinajstić information content (AvgIpc) is 3.22. The third kappa shape index (κ3) is 2.89. The van der Waals surface area contributed by atoms with Crippen molar-refractivity contribution < 1.29 is 19.5 Å². The first-order chi connectivity index (χ1) is 10.0. The molecule has 21 heavy (non-hydrogen) atoms. The number of carbonyl (C=O) groups excluding carboxylic acids is 2. The van der Waals surface area contributed by atoms with Crippen molar-refractivity contribution in [3.63, 3.8) is 0 Å². The van der Waals surface area contributed by atoms with Crippen LogP contribution < -0.4 is 10.2 Å². The van der Waals surface area contributed by atoms with Crippen LogP contribution in [0.4, 0.5) is 5.69 Å². The summed E-state index contributed by atoms with van der Waals surface area (Å²) in [6.07, 6.45) is 2.46. The van der Waals surface area contributed by atoms with E-state index >= 15 is 0 Å². The van der Waals surface area contributed by atoms with Gasteiger partial charge < -0.3 is 15.3 Å². The SMILES string of the molecule is O=C(CN1C(=O)Cc2cc(C(=O)O)ccc21)NCC1CC1. The lowest BCUT2D eigenvalue weighted by atomic mass is 10.1. The molecule has 0 radical (unpaired) electrons. The molecule has 1 aromatic carbocycles. The predicted octanol–water partition coefficient (Wildman–Crippen LogP) is 0.800. The maximum absolute atomic E-state index is 12.0. The van der Waals surface area contributed by atoms with E-state index in [1.54, 1.807) is 6.07 Å². The number of hydrogen-bond donors (Lipinski definition) is 2. The van der Waals surface area contributed by atoms with Crippen LogP contribution in [-0.2, 0) is 16.0 Å². The highest BCUT2D eigenvalue weighted by atomic mass is 16.4. The van der Waals surface area contributed by atoms with Gasteiger partial charge in [0.15, 0.2) is 0 Å². The first-order valence-corrected chi connectivity index (χ1v) is 6.98. The van der Waals surface area contributed by atoms with Crippen LogP contribution in [0.1, 0.15) is 28.8 Å². The van der Waals surface area contributed by atoms with Crippen LogP contribution in [0, 0.1) is 5.92 Å². The van der Waals surface area contributed by atoms with Crippen molar-refractivity contribution in [1.82, 2.24) is 5.32 Å². The fourth-order valence-corrected chi connectivity index (χ4v) is 2.47. The quantitative estimate of drug-likeness (QED) is 0.839. The number of hydrogen-bond acceptors (Lipinski definition) is 3. The summed E-state index contributed by atoms with van der Waals surface area (Å²) in [6.45, 7) is 0.663. The largest absolute Gasteiger partial charge is 0.478 e. The molecular weight excluding hydrogens is 272 g/mol. The molecule has 3 rings (SSSR count). The second-order valence-electron chi connectivity index (χ2n) is 5.55. The van der Waals surface area contributed by atoms with Gasteiger partial charge in [-0.15, -0.1) is 0 Å². The van der Waals surface area contributed by atoms with Crippen molar-refractivity contribution >= 4 is 23.5 Å². The summed E-state index contributed by atoms with van der Waals surface area (Å²) in [5.74, 6) is -0.779. The fraction of sp³-hybridized carbons (Fsp3) is 0.400. The number of amides is 2. The average molecular weight is 288 g/mol. The zero-order valence-electron chi connectivity index (χ0n) is 11.5. The molecule has 6 heteroatoms. The minimum atomic E-state index is -1.02. The van der Waals surface area contributed by atoms with E-state index in [9.17, 15) is 14.4 Å². The van der Waals surface area contributed by atoms with E-state index in [4.69, 9.17) is 5.11 Å². The molecule has 1 fully saturated rings. The molecule has 0 bridgehead atoms. The smallest absolute Gasteiger partial charge is 0.335 e. The Balaban J connectivity index is 1.70. The molecular formula is C15H16N2O4. The Bertz CT molecular complexity index is 622. The van der Waals surface area contributed by atoms with E-state index in [1.807, 2.05) is 0 Å². The second-order valence-corrected chi connectivity index (χ2v) is 5.55. The monoisotopic (exact) mass is 288 g/mol. The summed E-state index contributed by atoms with van der Waals surface area (Å²) >= 11 is 0. The molecule has 0 saturated heterocycles. The fourth-order valence-electron chi connectivity index (χ4n) is 2.47. The molecule has 1 aliphatic carbocycles. The van der Waals surface area contributed by atoms with Crippen LogP contribution in [0.3, 0.4) is 0 Å². The van der Waals surface area contributed by atoms with Gasteiger partial charge >= 0.3 is 5.97 Å². The highest BCUT2D eigenvalue weighted by Crippen LogP contribution is 2.30. The summed E-state index contributed by atoms with van der Waals surface area (Å²) in [5, 5.41) is 11.8. The molecule has 2 N–H and O–H groups in total. The molecule has 110 valence electrons. The van der Waals surface area contributed by atoms with Gasteiger partial charge in [0, 0.05) is 12.2 Å². The summed E-state index contributed by atoms with van der Waals surface area (Å²) in [7, 11) is 0. The number of carboxylic acid groups (broad SMARTS) is 1. The van der Waals surface area contributed by atoms with Crippen molar-refractivity contribution in [1.29, 1.82) is 0 Å². The molecule has 0 atom stereocenters. The van der Waals surface area contributed by atoms with Gasteiger partial charge in [0.25, 0.3) is 0 Å². The summed E-state index contributed by atoms with van der Waals surface area (Å²) in [5.41, 5.74) is 1.45. The van der Waals surface area contributed by atoms with Gasteiger partial charge in [0.2, 0.25) is 11.8 Å². The Hall–Kier alpha value is -2.37. The van der Waals surface area contributed by atoms with Gasteiger partial charge in [-0.2, -0.15) is 0 Å². The van der Waals surface area contributed by atoms with Crippen LogP contribution in [0.15, 0.2) is 18.2 Å². The number of aromatic carboxylic acids is 1. The Labute approximate surface area is 121 Å². The van der Waals surface area contributed by atoms with Crippen LogP contribution in [0.5, 0.6) is 0 Å². The van der Waals surface area contributed by atoms with Crippen LogP contribution in [-0.4, -0.2) is 36.0 Å². The van der Waals surface area contributed by atoms with Crippen molar-refractivity contribution in [2.75, 3.05) is 18.0 Å². The molecule has 1 saturated carbocycles. The third-order valence-electron chi connectivity index (χ3n) is 3.85. The first kappa shape index (κ1) is 13.6. The number of carbonyl (C=O) groups is 3. The van der Waals surface area contributed by atoms with Gasteiger partial charge in [0.1, 0.15) is 6.54 Å². The van der Waals surface area contributed by atoms with Gasteiger partial charge in [-0.25, -0.2) is 4.79 Å². The van der Waals surface area contributed by atoms with E-state index in [0.717, 1.165) is 12.8 Å². The van der Waals surface area contributed by atoms with Gasteiger partial charge in [0.05, 0.1) is 12.0 Å². The summed E-state index contributed by atoms with van der Waals surface area (Å²) in [6, 6.07) is 4.55. The highest BCUT2D eigenvalue weighted by molar-refractivity contribution is 6.05. The van der Waals surface area contributed by atoms with E-state index in [0.29, 0.717) is 23.7 Å². The zero-order valence-corrected chi connectivity index (χ0v) is 11.5. The van der Waals surface area contributed by atoms with Crippen molar-refractivity contribution in [3.05, 3.63) is 29.3 Å². The van der Waals surface area contributed by atoms with Gasteiger partial charge in [-0.05, 0) is 42.5 Å². The molecule has 2 aliphatic rings. The predicted molar refractivity (Wildman–Crippen MR) is 75.2 cm³/mol. The Morgan fingerprint density at radius 3 is 2.76 bits per heavy atom. The molecule has 0 aromatic heterocycles. The number of nitrogens with zero attached hydrogens (tertiary/aromatic N) is 1. The van der Waals surface area contributed by atoms with Crippen molar-refractivity contribution in [2.24, 2.45) is 5.92 Å². The number of anilines is 1.